The maximum atomic E-state index is 13.9. The van der Waals surface area contributed by atoms with Gasteiger partial charge in [0.2, 0.25) is 5.76 Å². The third kappa shape index (κ3) is 4.05. The van der Waals surface area contributed by atoms with Gasteiger partial charge in [0, 0.05) is 5.56 Å². The van der Waals surface area contributed by atoms with Crippen molar-refractivity contribution in [1.82, 2.24) is 0 Å². The van der Waals surface area contributed by atoms with Crippen LogP contribution in [0.15, 0.2) is 65.3 Å². The van der Waals surface area contributed by atoms with Crippen molar-refractivity contribution in [1.29, 1.82) is 5.26 Å². The van der Waals surface area contributed by atoms with E-state index in [2.05, 4.69) is 0 Å². The number of halogens is 1. The highest BCUT2D eigenvalue weighted by atomic mass is 19.1. The summed E-state index contributed by atoms with van der Waals surface area (Å²) in [5.41, 5.74) is 0.951. The predicted molar refractivity (Wildman–Crippen MR) is 96.5 cm³/mol. The topological polar surface area (TPSA) is 72.5 Å². The molecular formula is C21H14FNO4. The van der Waals surface area contributed by atoms with Crippen LogP contribution < -0.4 is 9.47 Å². The Labute approximate surface area is 154 Å². The molecule has 0 fully saturated rings. The SMILES string of the molecule is COc1cc(/C=C(/C#N)c2ccccc2F)ccc1OC(=O)c1ccco1. The Kier molecular flexibility index (Phi) is 5.33. The zero-order chi connectivity index (χ0) is 19.2. The highest BCUT2D eigenvalue weighted by Gasteiger charge is 2.15. The zero-order valence-electron chi connectivity index (χ0n) is 14.3. The lowest BCUT2D eigenvalue weighted by molar-refractivity contribution is 0.0696. The van der Waals surface area contributed by atoms with Crippen LogP contribution in [-0.2, 0) is 0 Å². The second-order valence-electron chi connectivity index (χ2n) is 5.43. The van der Waals surface area contributed by atoms with E-state index in [1.165, 1.54) is 43.7 Å². The monoisotopic (exact) mass is 363 g/mol. The van der Waals surface area contributed by atoms with E-state index < -0.39 is 11.8 Å². The van der Waals surface area contributed by atoms with Crippen LogP contribution in [0.3, 0.4) is 0 Å². The standard InChI is InChI=1S/C21H14FNO4/c1-25-20-12-14(11-15(13-23)16-5-2-3-6-17(16)22)8-9-18(20)27-21(24)19-7-4-10-26-19/h2-12H,1H3/b15-11-. The molecule has 6 heteroatoms. The number of benzene rings is 2. The van der Waals surface area contributed by atoms with Crippen molar-refractivity contribution < 1.29 is 23.1 Å². The molecule has 1 aromatic heterocycles. The fraction of sp³-hybridized carbons (Fsp3) is 0.0476. The minimum Gasteiger partial charge on any atom is -0.493 e. The van der Waals surface area contributed by atoms with Gasteiger partial charge in [-0.1, -0.05) is 24.3 Å². The van der Waals surface area contributed by atoms with E-state index in [9.17, 15) is 14.4 Å². The number of rotatable bonds is 5. The van der Waals surface area contributed by atoms with E-state index in [-0.39, 0.29) is 28.4 Å². The van der Waals surface area contributed by atoms with Crippen LogP contribution >= 0.6 is 0 Å². The summed E-state index contributed by atoms with van der Waals surface area (Å²) >= 11 is 0. The number of carbonyl (C=O) groups excluding carboxylic acids is 1. The molecule has 1 heterocycles. The van der Waals surface area contributed by atoms with Crippen molar-refractivity contribution in [3.05, 3.63) is 83.6 Å². The van der Waals surface area contributed by atoms with Gasteiger partial charge < -0.3 is 13.9 Å². The molecule has 0 aliphatic heterocycles. The first-order valence-electron chi connectivity index (χ1n) is 7.93. The van der Waals surface area contributed by atoms with E-state index >= 15 is 0 Å². The molecule has 0 aliphatic rings. The van der Waals surface area contributed by atoms with E-state index in [1.54, 1.807) is 30.3 Å². The van der Waals surface area contributed by atoms with E-state index in [0.29, 0.717) is 5.56 Å². The lowest BCUT2D eigenvalue weighted by Gasteiger charge is -2.09. The van der Waals surface area contributed by atoms with E-state index in [0.717, 1.165) is 0 Å². The predicted octanol–water partition coefficient (Wildman–Crippen LogP) is 4.71. The van der Waals surface area contributed by atoms with Gasteiger partial charge in [0.15, 0.2) is 11.5 Å². The number of allylic oxidation sites excluding steroid dienone is 1. The van der Waals surface area contributed by atoms with Crippen LogP contribution in [0.5, 0.6) is 11.5 Å². The third-order valence-electron chi connectivity index (χ3n) is 3.71. The summed E-state index contributed by atoms with van der Waals surface area (Å²) in [4.78, 5) is 12.0. The molecule has 134 valence electrons. The molecule has 0 bridgehead atoms. The van der Waals surface area contributed by atoms with Crippen molar-refractivity contribution in [2.75, 3.05) is 7.11 Å². The van der Waals surface area contributed by atoms with Gasteiger partial charge in [-0.15, -0.1) is 0 Å². The molecule has 0 unspecified atom stereocenters. The van der Waals surface area contributed by atoms with Gasteiger partial charge in [-0.3, -0.25) is 0 Å². The molecule has 0 radical (unpaired) electrons. The quantitative estimate of drug-likeness (QED) is 0.284. The second kappa shape index (κ2) is 8.02. The summed E-state index contributed by atoms with van der Waals surface area (Å²) in [7, 11) is 1.43. The van der Waals surface area contributed by atoms with Gasteiger partial charge in [-0.05, 0) is 42.0 Å². The summed E-state index contributed by atoms with van der Waals surface area (Å²) < 4.78 is 29.5. The van der Waals surface area contributed by atoms with Crippen LogP contribution in [0, 0.1) is 17.1 Å². The summed E-state index contributed by atoms with van der Waals surface area (Å²) in [6.07, 6.45) is 2.90. The van der Waals surface area contributed by atoms with Crippen LogP contribution in [0.1, 0.15) is 21.7 Å². The number of nitriles is 1. The third-order valence-corrected chi connectivity index (χ3v) is 3.71. The van der Waals surface area contributed by atoms with E-state index in [4.69, 9.17) is 13.9 Å². The number of esters is 1. The minimum atomic E-state index is -0.661. The number of hydrogen-bond donors (Lipinski definition) is 0. The summed E-state index contributed by atoms with van der Waals surface area (Å²) in [6, 6.07) is 15.8. The van der Waals surface area contributed by atoms with Gasteiger partial charge >= 0.3 is 5.97 Å². The number of methoxy groups -OCH3 is 1. The Balaban J connectivity index is 1.91. The van der Waals surface area contributed by atoms with Crippen molar-refractivity contribution in [3.8, 4) is 17.6 Å². The molecule has 0 N–H and O–H groups in total. The molecule has 27 heavy (non-hydrogen) atoms. The van der Waals surface area contributed by atoms with Gasteiger partial charge in [-0.2, -0.15) is 5.26 Å². The fourth-order valence-electron chi connectivity index (χ4n) is 2.42. The molecule has 0 spiro atoms. The minimum absolute atomic E-state index is 0.0624. The number of furan rings is 1. The summed E-state index contributed by atoms with van der Waals surface area (Å²) in [5.74, 6) is -0.603. The van der Waals surface area contributed by atoms with Gasteiger partial charge in [-0.25, -0.2) is 9.18 Å². The molecule has 0 amide bonds. The lowest BCUT2D eigenvalue weighted by atomic mass is 10.0. The van der Waals surface area contributed by atoms with Crippen molar-refractivity contribution in [2.45, 2.75) is 0 Å². The highest BCUT2D eigenvalue weighted by molar-refractivity contribution is 5.91. The highest BCUT2D eigenvalue weighted by Crippen LogP contribution is 2.31. The molecule has 0 atom stereocenters. The molecule has 0 aliphatic carbocycles. The van der Waals surface area contributed by atoms with Gasteiger partial charge in [0.1, 0.15) is 5.82 Å². The molecular weight excluding hydrogens is 349 g/mol. The van der Waals surface area contributed by atoms with Gasteiger partial charge in [0.05, 0.1) is 25.0 Å². The number of carbonyl (C=O) groups is 1. The Hall–Kier alpha value is -3.85. The number of hydrogen-bond acceptors (Lipinski definition) is 5. The van der Waals surface area contributed by atoms with Crippen LogP contribution in [0.4, 0.5) is 4.39 Å². The number of ether oxygens (including phenoxy) is 2. The Bertz CT molecular complexity index is 1030. The normalized spacial score (nSPS) is 10.9. The Morgan fingerprint density at radius 2 is 1.96 bits per heavy atom. The Morgan fingerprint density at radius 1 is 1.15 bits per heavy atom. The van der Waals surface area contributed by atoms with Gasteiger partial charge in [0.25, 0.3) is 0 Å². The van der Waals surface area contributed by atoms with Crippen LogP contribution in [-0.4, -0.2) is 13.1 Å². The second-order valence-corrected chi connectivity index (χ2v) is 5.43. The smallest absolute Gasteiger partial charge is 0.379 e. The van der Waals surface area contributed by atoms with Crippen LogP contribution in [0.2, 0.25) is 0 Å². The maximum absolute atomic E-state index is 13.9. The summed E-state index contributed by atoms with van der Waals surface area (Å²) in [5, 5.41) is 9.37. The fourth-order valence-corrected chi connectivity index (χ4v) is 2.42. The van der Waals surface area contributed by atoms with E-state index in [1.807, 2.05) is 6.07 Å². The lowest BCUT2D eigenvalue weighted by Crippen LogP contribution is -2.08. The molecule has 3 aromatic rings. The summed E-state index contributed by atoms with van der Waals surface area (Å²) in [6.45, 7) is 0. The largest absolute Gasteiger partial charge is 0.493 e. The number of nitrogens with zero attached hydrogens (tertiary/aromatic N) is 1. The van der Waals surface area contributed by atoms with Crippen molar-refractivity contribution in [2.24, 2.45) is 0 Å². The first-order chi connectivity index (χ1) is 13.1. The molecule has 0 saturated carbocycles. The first-order valence-corrected chi connectivity index (χ1v) is 7.93. The average molecular weight is 363 g/mol. The first kappa shape index (κ1) is 18.0. The maximum Gasteiger partial charge on any atom is 0.379 e. The van der Waals surface area contributed by atoms with Crippen LogP contribution in [0.25, 0.3) is 11.6 Å². The zero-order valence-corrected chi connectivity index (χ0v) is 14.3. The Morgan fingerprint density at radius 3 is 2.63 bits per heavy atom. The average Bonchev–Trinajstić information content (AvgIpc) is 3.22. The molecule has 5 nitrogen and oxygen atoms in total. The van der Waals surface area contributed by atoms with Crippen molar-refractivity contribution in [3.63, 3.8) is 0 Å². The molecule has 2 aromatic carbocycles. The van der Waals surface area contributed by atoms with Crippen molar-refractivity contribution >= 4 is 17.6 Å². The molecule has 0 saturated heterocycles. The molecule has 3 rings (SSSR count).